The number of hydrogen-bond acceptors (Lipinski definition) is 6. The van der Waals surface area contributed by atoms with E-state index in [0.717, 1.165) is 0 Å². The number of carbonyl (C=O) groups excluding carboxylic acids is 4. The summed E-state index contributed by atoms with van der Waals surface area (Å²) >= 11 is 0. The summed E-state index contributed by atoms with van der Waals surface area (Å²) in [6.45, 7) is 2.94. The minimum absolute atomic E-state index is 0.0382. The molecule has 0 aliphatic heterocycles. The number of amides is 2. The van der Waals surface area contributed by atoms with Gasteiger partial charge in [0.05, 0.1) is 20.1 Å². The van der Waals surface area contributed by atoms with Crippen LogP contribution in [0.4, 0.5) is 5.69 Å². The molecule has 8 nitrogen and oxygen atoms in total. The SMILES string of the molecule is COC(=O)[C@H](C)C[C@@H](NC(=O)c1cccc(NC(C)=O)c1)C(=O)OC. The van der Waals surface area contributed by atoms with Crippen molar-refractivity contribution in [3.05, 3.63) is 29.8 Å². The van der Waals surface area contributed by atoms with E-state index in [1.807, 2.05) is 0 Å². The second-order valence-corrected chi connectivity index (χ2v) is 5.47. The number of benzene rings is 1. The van der Waals surface area contributed by atoms with Crippen LogP contribution in [0.25, 0.3) is 0 Å². The van der Waals surface area contributed by atoms with Crippen molar-refractivity contribution in [1.29, 1.82) is 0 Å². The lowest BCUT2D eigenvalue weighted by atomic mass is 10.0. The molecule has 0 saturated carbocycles. The second kappa shape index (κ2) is 9.41. The molecule has 2 amide bonds. The van der Waals surface area contributed by atoms with Gasteiger partial charge in [-0.15, -0.1) is 0 Å². The van der Waals surface area contributed by atoms with Gasteiger partial charge < -0.3 is 20.1 Å². The molecule has 0 unspecified atom stereocenters. The zero-order valence-corrected chi connectivity index (χ0v) is 14.6. The van der Waals surface area contributed by atoms with Gasteiger partial charge in [-0.2, -0.15) is 0 Å². The Morgan fingerprint density at radius 1 is 1.08 bits per heavy atom. The molecule has 8 heteroatoms. The third-order valence-corrected chi connectivity index (χ3v) is 3.43. The molecule has 1 aromatic rings. The van der Waals surface area contributed by atoms with Crippen molar-refractivity contribution in [3.63, 3.8) is 0 Å². The summed E-state index contributed by atoms with van der Waals surface area (Å²) in [5, 5.41) is 5.11. The maximum Gasteiger partial charge on any atom is 0.328 e. The maximum atomic E-state index is 12.4. The maximum absolute atomic E-state index is 12.4. The highest BCUT2D eigenvalue weighted by Gasteiger charge is 2.27. The molecule has 0 aliphatic carbocycles. The van der Waals surface area contributed by atoms with Crippen molar-refractivity contribution in [1.82, 2.24) is 5.32 Å². The van der Waals surface area contributed by atoms with Gasteiger partial charge in [0.2, 0.25) is 5.91 Å². The molecule has 0 aromatic heterocycles. The number of hydrogen-bond donors (Lipinski definition) is 2. The van der Waals surface area contributed by atoms with Crippen LogP contribution in [0, 0.1) is 5.92 Å². The number of ether oxygens (including phenoxy) is 2. The van der Waals surface area contributed by atoms with E-state index in [2.05, 4.69) is 20.1 Å². The van der Waals surface area contributed by atoms with Crippen molar-refractivity contribution in [2.24, 2.45) is 5.92 Å². The Morgan fingerprint density at radius 2 is 1.72 bits per heavy atom. The lowest BCUT2D eigenvalue weighted by molar-refractivity contribution is -0.147. The summed E-state index contributed by atoms with van der Waals surface area (Å²) in [6.07, 6.45) is 0.0382. The average Bonchev–Trinajstić information content (AvgIpc) is 2.59. The molecule has 136 valence electrons. The van der Waals surface area contributed by atoms with E-state index < -0.39 is 29.8 Å². The van der Waals surface area contributed by atoms with Gasteiger partial charge in [-0.05, 0) is 24.6 Å². The Bertz CT molecular complexity index is 658. The summed E-state index contributed by atoms with van der Waals surface area (Å²) < 4.78 is 9.30. The van der Waals surface area contributed by atoms with Crippen molar-refractivity contribution >= 4 is 29.4 Å². The van der Waals surface area contributed by atoms with Crippen LogP contribution >= 0.6 is 0 Å². The fourth-order valence-electron chi connectivity index (χ4n) is 2.19. The lowest BCUT2D eigenvalue weighted by Gasteiger charge is -2.19. The normalized spacial score (nSPS) is 12.5. The zero-order chi connectivity index (χ0) is 19.0. The van der Waals surface area contributed by atoms with E-state index >= 15 is 0 Å². The molecule has 1 rings (SSSR count). The fraction of sp³-hybridized carbons (Fsp3) is 0.412. The van der Waals surface area contributed by atoms with E-state index in [1.54, 1.807) is 25.1 Å². The molecule has 0 spiro atoms. The number of anilines is 1. The first-order valence-electron chi connectivity index (χ1n) is 7.62. The van der Waals surface area contributed by atoms with Gasteiger partial charge >= 0.3 is 11.9 Å². The van der Waals surface area contributed by atoms with Gasteiger partial charge in [0.1, 0.15) is 6.04 Å². The van der Waals surface area contributed by atoms with Gasteiger partial charge in [-0.3, -0.25) is 14.4 Å². The van der Waals surface area contributed by atoms with E-state index in [4.69, 9.17) is 0 Å². The molecule has 0 fully saturated rings. The Hall–Kier alpha value is -2.90. The highest BCUT2D eigenvalue weighted by atomic mass is 16.5. The van der Waals surface area contributed by atoms with Crippen molar-refractivity contribution in [2.75, 3.05) is 19.5 Å². The largest absolute Gasteiger partial charge is 0.469 e. The van der Waals surface area contributed by atoms with Crippen LogP contribution in [-0.2, 0) is 23.9 Å². The van der Waals surface area contributed by atoms with Gasteiger partial charge in [0.25, 0.3) is 5.91 Å². The van der Waals surface area contributed by atoms with Gasteiger partial charge in [-0.1, -0.05) is 13.0 Å². The minimum Gasteiger partial charge on any atom is -0.469 e. The van der Waals surface area contributed by atoms with Gasteiger partial charge in [-0.25, -0.2) is 4.79 Å². The Balaban J connectivity index is 2.89. The van der Waals surface area contributed by atoms with Gasteiger partial charge in [0, 0.05) is 18.2 Å². The summed E-state index contributed by atoms with van der Waals surface area (Å²) in [6, 6.07) is 5.25. The Kier molecular flexibility index (Phi) is 7.58. The first-order valence-corrected chi connectivity index (χ1v) is 7.62. The molecular formula is C17H22N2O6. The van der Waals surface area contributed by atoms with Crippen molar-refractivity contribution < 1.29 is 28.7 Å². The summed E-state index contributed by atoms with van der Waals surface area (Å²) in [7, 11) is 2.44. The molecule has 0 aliphatic rings. The van der Waals surface area contributed by atoms with E-state index in [0.29, 0.717) is 5.69 Å². The highest BCUT2D eigenvalue weighted by Crippen LogP contribution is 2.13. The summed E-state index contributed by atoms with van der Waals surface area (Å²) in [5.41, 5.74) is 0.712. The van der Waals surface area contributed by atoms with Crippen LogP contribution in [-0.4, -0.2) is 44.0 Å². The fourth-order valence-corrected chi connectivity index (χ4v) is 2.19. The Morgan fingerprint density at radius 3 is 2.28 bits per heavy atom. The summed E-state index contributed by atoms with van der Waals surface area (Å²) in [4.78, 5) is 46.9. The molecule has 25 heavy (non-hydrogen) atoms. The number of rotatable bonds is 7. The highest BCUT2D eigenvalue weighted by molar-refractivity contribution is 5.98. The monoisotopic (exact) mass is 350 g/mol. The van der Waals surface area contributed by atoms with Crippen molar-refractivity contribution in [3.8, 4) is 0 Å². The molecule has 0 saturated heterocycles. The standard InChI is InChI=1S/C17H22N2O6/c1-10(16(22)24-3)8-14(17(23)25-4)19-15(21)12-6-5-7-13(9-12)18-11(2)20/h5-7,9-10,14H,8H2,1-4H3,(H,18,20)(H,19,21)/t10-,14-/m1/s1. The van der Waals surface area contributed by atoms with Crippen LogP contribution in [0.5, 0.6) is 0 Å². The van der Waals surface area contributed by atoms with E-state index in [9.17, 15) is 19.2 Å². The number of carbonyl (C=O) groups is 4. The third kappa shape index (κ3) is 6.25. The predicted molar refractivity (Wildman–Crippen MR) is 89.8 cm³/mol. The van der Waals surface area contributed by atoms with E-state index in [1.165, 1.54) is 27.2 Å². The third-order valence-electron chi connectivity index (χ3n) is 3.43. The Labute approximate surface area is 145 Å². The number of esters is 2. The second-order valence-electron chi connectivity index (χ2n) is 5.47. The molecular weight excluding hydrogens is 328 g/mol. The quantitative estimate of drug-likeness (QED) is 0.713. The average molecular weight is 350 g/mol. The molecule has 0 radical (unpaired) electrons. The van der Waals surface area contributed by atoms with E-state index in [-0.39, 0.29) is 17.9 Å². The van der Waals surface area contributed by atoms with Crippen molar-refractivity contribution in [2.45, 2.75) is 26.3 Å². The predicted octanol–water partition coefficient (Wildman–Crippen LogP) is 1.12. The first-order chi connectivity index (χ1) is 11.8. The molecule has 0 bridgehead atoms. The smallest absolute Gasteiger partial charge is 0.328 e. The van der Waals surface area contributed by atoms with Gasteiger partial charge in [0.15, 0.2) is 0 Å². The number of nitrogens with one attached hydrogen (secondary N) is 2. The molecule has 2 atom stereocenters. The molecule has 0 heterocycles. The van der Waals surface area contributed by atoms with Crippen LogP contribution in [0.1, 0.15) is 30.6 Å². The number of methoxy groups -OCH3 is 2. The molecule has 2 N–H and O–H groups in total. The minimum atomic E-state index is -1.00. The lowest BCUT2D eigenvalue weighted by Crippen LogP contribution is -2.43. The first kappa shape index (κ1) is 20.1. The zero-order valence-electron chi connectivity index (χ0n) is 14.6. The summed E-state index contributed by atoms with van der Waals surface area (Å²) in [5.74, 6) is -2.55. The molecule has 1 aromatic carbocycles. The topological polar surface area (TPSA) is 111 Å². The van der Waals surface area contributed by atoms with Crippen LogP contribution in [0.2, 0.25) is 0 Å². The van der Waals surface area contributed by atoms with Crippen LogP contribution in [0.15, 0.2) is 24.3 Å². The van der Waals surface area contributed by atoms with Crippen LogP contribution in [0.3, 0.4) is 0 Å². The van der Waals surface area contributed by atoms with Crippen LogP contribution < -0.4 is 10.6 Å².